The molecular weight excluding hydrogens is 152 g/mol. The fourth-order valence-corrected chi connectivity index (χ4v) is 1.16. The third-order valence-electron chi connectivity index (χ3n) is 2.04. The van der Waals surface area contributed by atoms with E-state index < -0.39 is 0 Å². The summed E-state index contributed by atoms with van der Waals surface area (Å²) in [5.41, 5.74) is 0. The topological polar surface area (TPSA) is 38.1 Å². The van der Waals surface area contributed by atoms with E-state index in [1.165, 1.54) is 0 Å². The number of rotatable bonds is 5. The summed E-state index contributed by atoms with van der Waals surface area (Å²) in [6.07, 6.45) is 3.99. The number of aromatic nitrogens is 1. The van der Waals surface area contributed by atoms with Crippen molar-refractivity contribution in [3.05, 3.63) is 18.0 Å². The molecule has 0 radical (unpaired) electrons. The van der Waals surface area contributed by atoms with E-state index in [0.717, 1.165) is 25.1 Å². The van der Waals surface area contributed by atoms with Crippen molar-refractivity contribution in [3.8, 4) is 0 Å². The van der Waals surface area contributed by atoms with Crippen LogP contribution in [-0.4, -0.2) is 11.2 Å². The smallest absolute Gasteiger partial charge is 0.150 e. The van der Waals surface area contributed by atoms with Crippen LogP contribution in [0.1, 0.15) is 32.4 Å². The molecule has 0 fully saturated rings. The van der Waals surface area contributed by atoms with Crippen LogP contribution in [0.3, 0.4) is 0 Å². The Balaban J connectivity index is 2.25. The van der Waals surface area contributed by atoms with Crippen LogP contribution < -0.4 is 5.32 Å². The molecule has 12 heavy (non-hydrogen) atoms. The van der Waals surface area contributed by atoms with Crippen molar-refractivity contribution >= 4 is 0 Å². The molecule has 0 saturated carbocycles. The summed E-state index contributed by atoms with van der Waals surface area (Å²) in [5, 5.41) is 7.02. The molecule has 0 saturated heterocycles. The molecule has 1 aromatic heterocycles. The van der Waals surface area contributed by atoms with E-state index in [4.69, 9.17) is 4.52 Å². The maximum absolute atomic E-state index is 4.96. The average molecular weight is 168 g/mol. The van der Waals surface area contributed by atoms with Gasteiger partial charge >= 0.3 is 0 Å². The SMILES string of the molecule is CCC(CC)NCc1ccno1. The summed E-state index contributed by atoms with van der Waals surface area (Å²) in [7, 11) is 0. The Labute approximate surface area is 73.1 Å². The van der Waals surface area contributed by atoms with E-state index in [0.29, 0.717) is 6.04 Å². The van der Waals surface area contributed by atoms with Crippen LogP contribution in [0.5, 0.6) is 0 Å². The van der Waals surface area contributed by atoms with Crippen LogP contribution >= 0.6 is 0 Å². The van der Waals surface area contributed by atoms with Crippen molar-refractivity contribution in [1.82, 2.24) is 10.5 Å². The van der Waals surface area contributed by atoms with Gasteiger partial charge in [0.15, 0.2) is 0 Å². The molecule has 0 aliphatic rings. The average Bonchev–Trinajstić information content (AvgIpc) is 2.59. The highest BCUT2D eigenvalue weighted by Crippen LogP contribution is 2.00. The Morgan fingerprint density at radius 1 is 1.50 bits per heavy atom. The van der Waals surface area contributed by atoms with Gasteiger partial charge in [-0.3, -0.25) is 0 Å². The fourth-order valence-electron chi connectivity index (χ4n) is 1.16. The van der Waals surface area contributed by atoms with Gasteiger partial charge in [-0.05, 0) is 12.8 Å². The van der Waals surface area contributed by atoms with Crippen molar-refractivity contribution in [2.75, 3.05) is 0 Å². The van der Waals surface area contributed by atoms with Crippen LogP contribution in [-0.2, 0) is 6.54 Å². The van der Waals surface area contributed by atoms with Crippen LogP contribution in [0.25, 0.3) is 0 Å². The lowest BCUT2D eigenvalue weighted by molar-refractivity contribution is 0.358. The number of nitrogens with one attached hydrogen (secondary N) is 1. The van der Waals surface area contributed by atoms with Gasteiger partial charge in [-0.1, -0.05) is 19.0 Å². The van der Waals surface area contributed by atoms with Gasteiger partial charge in [0.2, 0.25) is 0 Å². The third-order valence-corrected chi connectivity index (χ3v) is 2.04. The molecule has 68 valence electrons. The molecule has 0 atom stereocenters. The maximum atomic E-state index is 4.96. The van der Waals surface area contributed by atoms with Gasteiger partial charge in [-0.25, -0.2) is 0 Å². The van der Waals surface area contributed by atoms with Gasteiger partial charge in [0.1, 0.15) is 5.76 Å². The van der Waals surface area contributed by atoms with Crippen molar-refractivity contribution in [3.63, 3.8) is 0 Å². The summed E-state index contributed by atoms with van der Waals surface area (Å²) < 4.78 is 4.96. The second kappa shape index (κ2) is 4.93. The predicted molar refractivity (Wildman–Crippen MR) is 47.7 cm³/mol. The zero-order valence-electron chi connectivity index (χ0n) is 7.71. The van der Waals surface area contributed by atoms with E-state index >= 15 is 0 Å². The lowest BCUT2D eigenvalue weighted by Gasteiger charge is -2.12. The first-order chi connectivity index (χ1) is 5.86. The lowest BCUT2D eigenvalue weighted by Crippen LogP contribution is -2.26. The molecule has 0 unspecified atom stereocenters. The Hall–Kier alpha value is -0.830. The van der Waals surface area contributed by atoms with E-state index in [1.54, 1.807) is 6.20 Å². The van der Waals surface area contributed by atoms with E-state index in [-0.39, 0.29) is 0 Å². The second-order valence-corrected chi connectivity index (χ2v) is 2.87. The van der Waals surface area contributed by atoms with Crippen molar-refractivity contribution < 1.29 is 4.52 Å². The monoisotopic (exact) mass is 168 g/mol. The van der Waals surface area contributed by atoms with Crippen LogP contribution in [0, 0.1) is 0 Å². The number of hydrogen-bond acceptors (Lipinski definition) is 3. The van der Waals surface area contributed by atoms with Crippen LogP contribution in [0.15, 0.2) is 16.8 Å². The van der Waals surface area contributed by atoms with Gasteiger partial charge in [0.25, 0.3) is 0 Å². The van der Waals surface area contributed by atoms with Crippen molar-refractivity contribution in [2.24, 2.45) is 0 Å². The molecule has 1 rings (SSSR count). The van der Waals surface area contributed by atoms with Crippen molar-refractivity contribution in [1.29, 1.82) is 0 Å². The Morgan fingerprint density at radius 2 is 2.25 bits per heavy atom. The first kappa shape index (κ1) is 9.26. The summed E-state index contributed by atoms with van der Waals surface area (Å²) >= 11 is 0. The maximum Gasteiger partial charge on any atom is 0.150 e. The first-order valence-electron chi connectivity index (χ1n) is 4.49. The molecule has 1 aromatic rings. The Kier molecular flexibility index (Phi) is 3.80. The highest BCUT2D eigenvalue weighted by atomic mass is 16.5. The highest BCUT2D eigenvalue weighted by molar-refractivity contribution is 4.92. The van der Waals surface area contributed by atoms with Crippen molar-refractivity contribution in [2.45, 2.75) is 39.3 Å². The first-order valence-corrected chi connectivity index (χ1v) is 4.49. The van der Waals surface area contributed by atoms with Gasteiger partial charge in [0, 0.05) is 12.1 Å². The molecule has 3 nitrogen and oxygen atoms in total. The van der Waals surface area contributed by atoms with E-state index in [1.807, 2.05) is 6.07 Å². The molecule has 1 heterocycles. The summed E-state index contributed by atoms with van der Waals surface area (Å²) in [6, 6.07) is 2.48. The second-order valence-electron chi connectivity index (χ2n) is 2.87. The minimum atomic E-state index is 0.593. The van der Waals surface area contributed by atoms with Gasteiger partial charge < -0.3 is 9.84 Å². The van der Waals surface area contributed by atoms with Crippen LogP contribution in [0.2, 0.25) is 0 Å². The molecule has 0 aromatic carbocycles. The summed E-state index contributed by atoms with van der Waals surface area (Å²) in [4.78, 5) is 0. The fraction of sp³-hybridized carbons (Fsp3) is 0.667. The predicted octanol–water partition coefficient (Wildman–Crippen LogP) is 1.95. The Bertz CT molecular complexity index is 192. The van der Waals surface area contributed by atoms with Gasteiger partial charge in [0.05, 0.1) is 12.7 Å². The Morgan fingerprint density at radius 3 is 2.75 bits per heavy atom. The molecule has 0 amide bonds. The zero-order valence-corrected chi connectivity index (χ0v) is 7.71. The summed E-state index contributed by atoms with van der Waals surface area (Å²) in [6.45, 7) is 5.15. The quantitative estimate of drug-likeness (QED) is 0.730. The standard InChI is InChI=1S/C9H16N2O/c1-3-8(4-2)10-7-9-5-6-11-12-9/h5-6,8,10H,3-4,7H2,1-2H3. The molecule has 0 spiro atoms. The zero-order chi connectivity index (χ0) is 8.81. The molecule has 0 aliphatic heterocycles. The number of hydrogen-bond donors (Lipinski definition) is 1. The van der Waals surface area contributed by atoms with E-state index in [2.05, 4.69) is 24.3 Å². The van der Waals surface area contributed by atoms with Gasteiger partial charge in [-0.2, -0.15) is 0 Å². The normalized spacial score (nSPS) is 10.9. The molecule has 3 heteroatoms. The molecule has 0 aliphatic carbocycles. The van der Waals surface area contributed by atoms with Crippen LogP contribution in [0.4, 0.5) is 0 Å². The number of nitrogens with zero attached hydrogens (tertiary/aromatic N) is 1. The molecule has 1 N–H and O–H groups in total. The molecular formula is C9H16N2O. The minimum absolute atomic E-state index is 0.593. The van der Waals surface area contributed by atoms with E-state index in [9.17, 15) is 0 Å². The lowest BCUT2D eigenvalue weighted by atomic mass is 10.2. The third kappa shape index (κ3) is 2.66. The van der Waals surface area contributed by atoms with Gasteiger partial charge in [-0.15, -0.1) is 0 Å². The molecule has 0 bridgehead atoms. The largest absolute Gasteiger partial charge is 0.360 e. The highest BCUT2D eigenvalue weighted by Gasteiger charge is 2.03. The summed E-state index contributed by atoms with van der Waals surface area (Å²) in [5.74, 6) is 0.905. The minimum Gasteiger partial charge on any atom is -0.360 e.